The molecular formula is C23H47Cl2N7O. The van der Waals surface area contributed by atoms with Crippen LogP contribution in [0.4, 0.5) is 17.8 Å². The number of rotatable bonds is 8. The molecule has 2 heterocycles. The van der Waals surface area contributed by atoms with Crippen molar-refractivity contribution in [2.24, 2.45) is 10.8 Å². The fourth-order valence-corrected chi connectivity index (χ4v) is 2.65. The molecule has 194 valence electrons. The van der Waals surface area contributed by atoms with Crippen molar-refractivity contribution in [3.63, 3.8) is 0 Å². The van der Waals surface area contributed by atoms with Gasteiger partial charge < -0.3 is 20.7 Å². The molecule has 1 saturated heterocycles. The van der Waals surface area contributed by atoms with Crippen LogP contribution in [0.3, 0.4) is 0 Å². The van der Waals surface area contributed by atoms with E-state index in [0.29, 0.717) is 17.8 Å². The molecule has 33 heavy (non-hydrogen) atoms. The summed E-state index contributed by atoms with van der Waals surface area (Å²) in [5, 5.41) is 10.5. The lowest BCUT2D eigenvalue weighted by molar-refractivity contribution is 0.0398. The van der Waals surface area contributed by atoms with Crippen molar-refractivity contribution in [1.29, 1.82) is 0 Å². The quantitative estimate of drug-likeness (QED) is 0.456. The Morgan fingerprint density at radius 3 is 1.48 bits per heavy atom. The second kappa shape index (κ2) is 12.0. The van der Waals surface area contributed by atoms with E-state index in [2.05, 4.69) is 100 Å². The zero-order valence-corrected chi connectivity index (χ0v) is 23.9. The van der Waals surface area contributed by atoms with Crippen LogP contribution in [-0.4, -0.2) is 70.3 Å². The van der Waals surface area contributed by atoms with Gasteiger partial charge in [-0.2, -0.15) is 15.0 Å². The molecule has 0 spiro atoms. The van der Waals surface area contributed by atoms with E-state index < -0.39 is 0 Å². The van der Waals surface area contributed by atoms with E-state index in [9.17, 15) is 0 Å². The first kappa shape index (κ1) is 31.9. The number of anilines is 3. The van der Waals surface area contributed by atoms with Gasteiger partial charge in [-0.05, 0) is 38.5 Å². The lowest BCUT2D eigenvalue weighted by atomic mass is 9.76. The molecule has 0 bridgehead atoms. The molecule has 0 radical (unpaired) electrons. The first-order valence-corrected chi connectivity index (χ1v) is 11.5. The van der Waals surface area contributed by atoms with Crippen molar-refractivity contribution in [3.8, 4) is 0 Å². The molecular weight excluding hydrogens is 461 g/mol. The largest absolute Gasteiger partial charge is 0.379 e. The molecule has 0 aliphatic carbocycles. The Bertz CT molecular complexity index is 678. The van der Waals surface area contributed by atoms with Gasteiger partial charge in [-0.25, -0.2) is 0 Å². The van der Waals surface area contributed by atoms with Crippen LogP contribution >= 0.6 is 24.8 Å². The van der Waals surface area contributed by atoms with E-state index >= 15 is 0 Å². The fraction of sp³-hybridized carbons (Fsp3) is 0.870. The third-order valence-electron chi connectivity index (χ3n) is 7.05. The van der Waals surface area contributed by atoms with E-state index in [1.165, 1.54) is 0 Å². The molecule has 0 amide bonds. The van der Waals surface area contributed by atoms with Crippen LogP contribution < -0.4 is 16.0 Å². The Morgan fingerprint density at radius 1 is 0.697 bits per heavy atom. The number of hydrogen-bond donors (Lipinski definition) is 3. The summed E-state index contributed by atoms with van der Waals surface area (Å²) in [6.07, 6.45) is 0. The maximum atomic E-state index is 5.43. The summed E-state index contributed by atoms with van der Waals surface area (Å²) in [7, 11) is 0. The minimum Gasteiger partial charge on any atom is -0.379 e. The van der Waals surface area contributed by atoms with Crippen LogP contribution in [0.2, 0.25) is 0 Å². The van der Waals surface area contributed by atoms with E-state index in [1.54, 1.807) is 0 Å². The van der Waals surface area contributed by atoms with E-state index in [1.807, 2.05) is 0 Å². The van der Waals surface area contributed by atoms with Crippen LogP contribution in [0.15, 0.2) is 0 Å². The van der Waals surface area contributed by atoms with Gasteiger partial charge >= 0.3 is 0 Å². The molecule has 0 unspecified atom stereocenters. The maximum Gasteiger partial charge on any atom is 0.229 e. The van der Waals surface area contributed by atoms with Gasteiger partial charge in [0.2, 0.25) is 17.8 Å². The van der Waals surface area contributed by atoms with Crippen molar-refractivity contribution >= 4 is 42.7 Å². The van der Waals surface area contributed by atoms with Gasteiger partial charge in [0.15, 0.2) is 0 Å². The van der Waals surface area contributed by atoms with Crippen molar-refractivity contribution in [2.75, 3.05) is 55.3 Å². The number of aromatic nitrogens is 3. The Balaban J connectivity index is 0.00000512. The van der Waals surface area contributed by atoms with Gasteiger partial charge in [-0.15, -0.1) is 24.8 Å². The lowest BCUT2D eigenvalue weighted by Crippen LogP contribution is -2.46. The highest BCUT2D eigenvalue weighted by atomic mass is 35.5. The Morgan fingerprint density at radius 2 is 1.09 bits per heavy atom. The molecule has 2 rings (SSSR count). The third kappa shape index (κ3) is 9.23. The summed E-state index contributed by atoms with van der Waals surface area (Å²) in [6.45, 7) is 27.2. The summed E-state index contributed by atoms with van der Waals surface area (Å²) in [4.78, 5) is 16.5. The highest BCUT2D eigenvalue weighted by Gasteiger charge is 2.35. The first-order valence-electron chi connectivity index (χ1n) is 11.5. The molecule has 8 nitrogen and oxygen atoms in total. The highest BCUT2D eigenvalue weighted by molar-refractivity contribution is 5.85. The van der Waals surface area contributed by atoms with Crippen molar-refractivity contribution in [1.82, 2.24) is 19.9 Å². The summed E-state index contributed by atoms with van der Waals surface area (Å²) >= 11 is 0. The monoisotopic (exact) mass is 507 g/mol. The number of nitrogens with one attached hydrogen (secondary N) is 3. The molecule has 1 aromatic rings. The summed E-state index contributed by atoms with van der Waals surface area (Å²) in [6, 6.07) is 0. The predicted molar refractivity (Wildman–Crippen MR) is 144 cm³/mol. The molecule has 1 aliphatic heterocycles. The molecule has 10 heteroatoms. The van der Waals surface area contributed by atoms with E-state index in [-0.39, 0.29) is 46.7 Å². The number of morpholine rings is 1. The molecule has 0 saturated carbocycles. The smallest absolute Gasteiger partial charge is 0.229 e. The molecule has 1 aliphatic rings. The molecule has 0 aromatic carbocycles. The first-order chi connectivity index (χ1) is 14.1. The minimum absolute atomic E-state index is 0. The van der Waals surface area contributed by atoms with Gasteiger partial charge in [0.25, 0.3) is 0 Å². The molecule has 3 N–H and O–H groups in total. The van der Waals surface area contributed by atoms with Crippen molar-refractivity contribution in [2.45, 2.75) is 80.3 Å². The number of nitrogens with zero attached hydrogens (tertiary/aromatic N) is 4. The second-order valence-electron chi connectivity index (χ2n) is 11.7. The Kier molecular flexibility index (Phi) is 11.6. The SMILES string of the molecule is CC(C)(C)C(C)(C)Nc1nc(NCCN2CCOCC2)nc(NC(C)(C)C(C)(C)C)n1.Cl.Cl. The highest BCUT2D eigenvalue weighted by Crippen LogP contribution is 2.34. The van der Waals surface area contributed by atoms with Crippen LogP contribution in [0.5, 0.6) is 0 Å². The van der Waals surface area contributed by atoms with Gasteiger partial charge in [0.1, 0.15) is 0 Å². The molecule has 1 aromatic heterocycles. The standard InChI is InChI=1S/C23H45N7O.2ClH/c1-20(2,3)22(7,8)28-18-25-17(24-11-12-30-13-15-31-16-14-30)26-19(27-18)29-23(9,10)21(4,5)6;;/h11-16H2,1-10H3,(H3,24,25,26,27,28,29);2*1H. The van der Waals surface area contributed by atoms with Crippen LogP contribution in [-0.2, 0) is 4.74 Å². The Hall–Kier alpha value is -1.09. The average Bonchev–Trinajstić information content (AvgIpc) is 2.59. The Labute approximate surface area is 213 Å². The third-order valence-corrected chi connectivity index (χ3v) is 7.05. The van der Waals surface area contributed by atoms with Crippen LogP contribution in [0.25, 0.3) is 0 Å². The fourth-order valence-electron chi connectivity index (χ4n) is 2.65. The van der Waals surface area contributed by atoms with Gasteiger partial charge in [-0.1, -0.05) is 41.5 Å². The van der Waals surface area contributed by atoms with Crippen LogP contribution in [0, 0.1) is 10.8 Å². The minimum atomic E-state index is -0.198. The van der Waals surface area contributed by atoms with Crippen molar-refractivity contribution < 1.29 is 4.74 Å². The normalized spacial score (nSPS) is 15.8. The number of halogens is 2. The molecule has 0 atom stereocenters. The number of hydrogen-bond acceptors (Lipinski definition) is 8. The van der Waals surface area contributed by atoms with Gasteiger partial charge in [0.05, 0.1) is 13.2 Å². The molecule has 1 fully saturated rings. The summed E-state index contributed by atoms with van der Waals surface area (Å²) < 4.78 is 5.43. The number of ether oxygens (including phenoxy) is 1. The zero-order chi connectivity index (χ0) is 23.5. The van der Waals surface area contributed by atoms with E-state index in [0.717, 1.165) is 39.4 Å². The van der Waals surface area contributed by atoms with Gasteiger partial charge in [0, 0.05) is 37.3 Å². The zero-order valence-electron chi connectivity index (χ0n) is 22.3. The maximum absolute atomic E-state index is 5.43. The lowest BCUT2D eigenvalue weighted by Gasteiger charge is -2.40. The summed E-state index contributed by atoms with van der Waals surface area (Å²) in [5.41, 5.74) is -0.337. The second-order valence-corrected chi connectivity index (χ2v) is 11.7. The summed E-state index contributed by atoms with van der Waals surface area (Å²) in [5.74, 6) is 1.75. The van der Waals surface area contributed by atoms with E-state index in [4.69, 9.17) is 9.72 Å². The average molecular weight is 509 g/mol. The topological polar surface area (TPSA) is 87.2 Å². The predicted octanol–water partition coefficient (Wildman–Crippen LogP) is 4.93. The van der Waals surface area contributed by atoms with Crippen LogP contribution in [0.1, 0.15) is 69.2 Å². The van der Waals surface area contributed by atoms with Crippen molar-refractivity contribution in [3.05, 3.63) is 0 Å². The van der Waals surface area contributed by atoms with Gasteiger partial charge in [-0.3, -0.25) is 4.90 Å².